The van der Waals surface area contributed by atoms with Gasteiger partial charge in [-0.1, -0.05) is 30.3 Å². The number of aryl methyl sites for hydroxylation is 1. The molecule has 2 N–H and O–H groups in total. The summed E-state index contributed by atoms with van der Waals surface area (Å²) < 4.78 is 42.4. The quantitative estimate of drug-likeness (QED) is 0.663. The number of hydrogen-bond acceptors (Lipinski definition) is 6. The summed E-state index contributed by atoms with van der Waals surface area (Å²) in [6, 6.07) is 8.95. The van der Waals surface area contributed by atoms with Gasteiger partial charge in [0.1, 0.15) is 18.3 Å². The SMILES string of the molecule is O=CCS(O)(O)C(CCc1ccccc1)S(=O)(=O)CC=O. The fraction of sp³-hybridized carbons (Fsp3) is 0.385. The van der Waals surface area contributed by atoms with E-state index in [0.29, 0.717) is 6.42 Å². The Labute approximate surface area is 125 Å². The van der Waals surface area contributed by atoms with Gasteiger partial charge >= 0.3 is 0 Å². The Balaban J connectivity index is 2.97. The highest BCUT2D eigenvalue weighted by Crippen LogP contribution is 2.48. The molecular formula is C13H18O6S2. The van der Waals surface area contributed by atoms with E-state index in [4.69, 9.17) is 0 Å². The van der Waals surface area contributed by atoms with Gasteiger partial charge in [0, 0.05) is 0 Å². The van der Waals surface area contributed by atoms with E-state index in [-0.39, 0.29) is 19.0 Å². The number of aldehydes is 2. The van der Waals surface area contributed by atoms with E-state index in [1.165, 1.54) is 0 Å². The van der Waals surface area contributed by atoms with Gasteiger partial charge in [-0.2, -0.15) is 10.6 Å². The molecule has 1 atom stereocenters. The van der Waals surface area contributed by atoms with Crippen molar-refractivity contribution in [1.29, 1.82) is 0 Å². The molecule has 0 aliphatic heterocycles. The third kappa shape index (κ3) is 5.24. The summed E-state index contributed by atoms with van der Waals surface area (Å²) >= 11 is 0. The minimum Gasteiger partial charge on any atom is -0.302 e. The van der Waals surface area contributed by atoms with Gasteiger partial charge < -0.3 is 9.59 Å². The third-order valence-electron chi connectivity index (χ3n) is 2.95. The Kier molecular flexibility index (Phi) is 6.53. The second kappa shape index (κ2) is 7.69. The predicted octanol–water partition coefficient (Wildman–Crippen LogP) is 1.51. The predicted molar refractivity (Wildman–Crippen MR) is 82.2 cm³/mol. The molecule has 0 bridgehead atoms. The third-order valence-corrected chi connectivity index (χ3v) is 8.09. The molecule has 0 saturated carbocycles. The van der Waals surface area contributed by atoms with Gasteiger partial charge in [-0.25, -0.2) is 8.42 Å². The van der Waals surface area contributed by atoms with Gasteiger partial charge in [0.2, 0.25) is 0 Å². The zero-order valence-corrected chi connectivity index (χ0v) is 12.9. The highest BCUT2D eigenvalue weighted by Gasteiger charge is 2.36. The number of carbonyl (C=O) groups is 2. The van der Waals surface area contributed by atoms with Crippen molar-refractivity contribution in [1.82, 2.24) is 0 Å². The van der Waals surface area contributed by atoms with Gasteiger partial charge in [0.25, 0.3) is 0 Å². The van der Waals surface area contributed by atoms with Crippen molar-refractivity contribution in [2.24, 2.45) is 0 Å². The Morgan fingerprint density at radius 1 is 1.00 bits per heavy atom. The van der Waals surface area contributed by atoms with Crippen LogP contribution in [0.4, 0.5) is 0 Å². The van der Waals surface area contributed by atoms with Gasteiger partial charge in [-0.3, -0.25) is 9.11 Å². The van der Waals surface area contributed by atoms with Crippen LogP contribution in [0.1, 0.15) is 12.0 Å². The molecule has 21 heavy (non-hydrogen) atoms. The first kappa shape index (κ1) is 17.8. The Morgan fingerprint density at radius 3 is 2.10 bits per heavy atom. The Morgan fingerprint density at radius 2 is 1.57 bits per heavy atom. The molecule has 118 valence electrons. The molecule has 8 heteroatoms. The van der Waals surface area contributed by atoms with Crippen LogP contribution in [0.5, 0.6) is 0 Å². The lowest BCUT2D eigenvalue weighted by molar-refractivity contribution is -0.106. The zero-order chi connectivity index (χ0) is 15.9. The molecule has 0 aliphatic rings. The van der Waals surface area contributed by atoms with Crippen molar-refractivity contribution < 1.29 is 27.1 Å². The molecule has 0 saturated heterocycles. The van der Waals surface area contributed by atoms with Crippen molar-refractivity contribution in [2.45, 2.75) is 17.4 Å². The molecule has 0 aliphatic carbocycles. The van der Waals surface area contributed by atoms with Crippen molar-refractivity contribution >= 4 is 33.0 Å². The topological polar surface area (TPSA) is 109 Å². The summed E-state index contributed by atoms with van der Waals surface area (Å²) in [7, 11) is -7.65. The van der Waals surface area contributed by atoms with Crippen LogP contribution in [-0.2, 0) is 25.8 Å². The van der Waals surface area contributed by atoms with E-state index in [0.717, 1.165) is 5.56 Å². The zero-order valence-electron chi connectivity index (χ0n) is 11.3. The normalized spacial score (nSPS) is 14.4. The lowest BCUT2D eigenvalue weighted by Gasteiger charge is -2.37. The van der Waals surface area contributed by atoms with Gasteiger partial charge in [0.15, 0.2) is 14.4 Å². The minimum absolute atomic E-state index is 0.0592. The second-order valence-electron chi connectivity index (χ2n) is 4.50. The smallest absolute Gasteiger partial charge is 0.177 e. The van der Waals surface area contributed by atoms with Crippen molar-refractivity contribution in [3.8, 4) is 0 Å². The van der Waals surface area contributed by atoms with Crippen LogP contribution in [-0.4, -0.2) is 46.2 Å². The average molecular weight is 334 g/mol. The summed E-state index contributed by atoms with van der Waals surface area (Å²) in [6.45, 7) is 0. The monoisotopic (exact) mass is 334 g/mol. The van der Waals surface area contributed by atoms with Gasteiger partial charge in [-0.15, -0.1) is 0 Å². The molecule has 1 rings (SSSR count). The van der Waals surface area contributed by atoms with Crippen LogP contribution >= 0.6 is 10.6 Å². The summed E-state index contributed by atoms with van der Waals surface area (Å²) in [6.07, 6.45) is 0.733. The van der Waals surface area contributed by atoms with E-state index in [1.54, 1.807) is 24.3 Å². The summed E-state index contributed by atoms with van der Waals surface area (Å²) in [5.41, 5.74) is 0.838. The first-order chi connectivity index (χ1) is 9.83. The first-order valence-electron chi connectivity index (χ1n) is 6.21. The lowest BCUT2D eigenvalue weighted by atomic mass is 10.1. The molecule has 6 nitrogen and oxygen atoms in total. The fourth-order valence-electron chi connectivity index (χ4n) is 1.94. The standard InChI is InChI=1S/C13H18O6S2/c14-8-10-20(16,17)13(21(18,19)11-9-15)7-6-12-4-2-1-3-5-12/h1-5,8-9,13,16-17H,6-7,10-11H2. The molecule has 0 radical (unpaired) electrons. The van der Waals surface area contributed by atoms with E-state index < -0.39 is 36.5 Å². The number of benzene rings is 1. The van der Waals surface area contributed by atoms with Gasteiger partial charge in [0.05, 0.1) is 5.75 Å². The maximum absolute atomic E-state index is 12.0. The summed E-state index contributed by atoms with van der Waals surface area (Å²) in [5, 5.41) is 0. The molecular weight excluding hydrogens is 316 g/mol. The van der Waals surface area contributed by atoms with Crippen LogP contribution in [0.3, 0.4) is 0 Å². The summed E-state index contributed by atoms with van der Waals surface area (Å²) in [5.74, 6) is -1.44. The molecule has 0 spiro atoms. The van der Waals surface area contributed by atoms with E-state index in [1.807, 2.05) is 6.07 Å². The average Bonchev–Trinajstić information content (AvgIpc) is 2.39. The Hall–Kier alpha value is -1.22. The molecule has 1 unspecified atom stereocenters. The van der Waals surface area contributed by atoms with Crippen molar-refractivity contribution in [3.63, 3.8) is 0 Å². The number of carbonyl (C=O) groups excluding carboxylic acids is 2. The van der Waals surface area contributed by atoms with Crippen molar-refractivity contribution in [3.05, 3.63) is 35.9 Å². The fourth-order valence-corrected chi connectivity index (χ4v) is 6.08. The maximum atomic E-state index is 12.0. The maximum Gasteiger partial charge on any atom is 0.177 e. The lowest BCUT2D eigenvalue weighted by Crippen LogP contribution is -2.32. The van der Waals surface area contributed by atoms with Crippen LogP contribution in [0.25, 0.3) is 0 Å². The molecule has 1 aromatic rings. The largest absolute Gasteiger partial charge is 0.302 e. The van der Waals surface area contributed by atoms with Gasteiger partial charge in [-0.05, 0) is 18.4 Å². The highest BCUT2D eigenvalue weighted by molar-refractivity contribution is 8.31. The summed E-state index contributed by atoms with van der Waals surface area (Å²) in [4.78, 5) is 21.0. The number of hydrogen-bond donors (Lipinski definition) is 2. The molecule has 0 heterocycles. The van der Waals surface area contributed by atoms with Crippen LogP contribution in [0.2, 0.25) is 0 Å². The number of rotatable bonds is 9. The molecule has 0 aromatic heterocycles. The Bertz CT molecular complexity index is 568. The van der Waals surface area contributed by atoms with Crippen molar-refractivity contribution in [2.75, 3.05) is 11.5 Å². The van der Waals surface area contributed by atoms with E-state index in [9.17, 15) is 27.1 Å². The van der Waals surface area contributed by atoms with Crippen LogP contribution in [0.15, 0.2) is 30.3 Å². The van der Waals surface area contributed by atoms with Crippen LogP contribution < -0.4 is 0 Å². The number of sulfone groups is 1. The minimum atomic E-state index is -4.01. The van der Waals surface area contributed by atoms with Crippen LogP contribution in [0, 0.1) is 0 Å². The first-order valence-corrected chi connectivity index (χ1v) is 9.70. The van der Waals surface area contributed by atoms with E-state index >= 15 is 0 Å². The second-order valence-corrected chi connectivity index (χ2v) is 9.36. The molecule has 0 amide bonds. The molecule has 0 fully saturated rings. The molecule has 1 aromatic carbocycles. The van der Waals surface area contributed by atoms with E-state index in [2.05, 4.69) is 0 Å². The highest BCUT2D eigenvalue weighted by atomic mass is 32.3.